The van der Waals surface area contributed by atoms with E-state index in [9.17, 15) is 23.1 Å². The zero-order valence-corrected chi connectivity index (χ0v) is 18.6. The van der Waals surface area contributed by atoms with Gasteiger partial charge in [-0.15, -0.1) is 0 Å². The summed E-state index contributed by atoms with van der Waals surface area (Å²) < 4.78 is 46.4. The third-order valence-electron chi connectivity index (χ3n) is 7.71. The maximum atomic E-state index is 13.3. The number of ether oxygens (including phenoxy) is 1. The molecule has 0 unspecified atom stereocenters. The van der Waals surface area contributed by atoms with Crippen LogP contribution in [0.3, 0.4) is 0 Å². The van der Waals surface area contributed by atoms with E-state index in [1.807, 2.05) is 12.1 Å². The van der Waals surface area contributed by atoms with Gasteiger partial charge < -0.3 is 9.84 Å². The minimum atomic E-state index is -4.40. The molecule has 0 amide bonds. The second-order valence-electron chi connectivity index (χ2n) is 10.1. The molecular formula is C26H28F3NO3. The predicted molar refractivity (Wildman–Crippen MR) is 116 cm³/mol. The van der Waals surface area contributed by atoms with Gasteiger partial charge in [-0.3, -0.25) is 9.78 Å². The van der Waals surface area contributed by atoms with E-state index in [-0.39, 0.29) is 23.1 Å². The number of alkyl halides is 3. The number of rotatable bonds is 6. The Balaban J connectivity index is 1.30. The Labute approximate surface area is 191 Å². The molecule has 1 aliphatic heterocycles. The maximum absolute atomic E-state index is 13.3. The fourth-order valence-corrected chi connectivity index (χ4v) is 5.86. The average molecular weight is 460 g/mol. The predicted octanol–water partition coefficient (Wildman–Crippen LogP) is 6.03. The Morgan fingerprint density at radius 2 is 2.03 bits per heavy atom. The van der Waals surface area contributed by atoms with Crippen LogP contribution >= 0.6 is 0 Å². The SMILES string of the molecule is C[C@H](C(=O)O)[C@H](c1ccc2c(c1)OC1(CC2)CC(Cc2ncccc2C(F)(F)F)C1)C1CC1. The number of aromatic nitrogens is 1. The van der Waals surface area contributed by atoms with Crippen LogP contribution in [0.5, 0.6) is 5.75 Å². The fraction of sp³-hybridized carbons (Fsp3) is 0.538. The average Bonchev–Trinajstić information content (AvgIpc) is 3.57. The summed E-state index contributed by atoms with van der Waals surface area (Å²) in [5.41, 5.74) is 1.26. The number of nitrogens with zero attached hydrogens (tertiary/aromatic N) is 1. The first-order valence-electron chi connectivity index (χ1n) is 11.7. The van der Waals surface area contributed by atoms with Crippen LogP contribution < -0.4 is 4.74 Å². The molecule has 2 aliphatic carbocycles. The van der Waals surface area contributed by atoms with Crippen LogP contribution in [-0.2, 0) is 23.8 Å². The molecule has 3 aliphatic rings. The van der Waals surface area contributed by atoms with Gasteiger partial charge in [0.2, 0.25) is 0 Å². The van der Waals surface area contributed by atoms with Gasteiger partial charge in [0.1, 0.15) is 11.4 Å². The Hall–Kier alpha value is -2.57. The van der Waals surface area contributed by atoms with Gasteiger partial charge in [-0.25, -0.2) is 0 Å². The van der Waals surface area contributed by atoms with Crippen molar-refractivity contribution in [2.45, 2.75) is 69.6 Å². The standard InChI is InChI=1S/C26H28F3NO3/c1-15(24(31)32)23(18-5-6-18)19-7-4-17-8-9-25(33-22(17)12-19)13-16(14-25)11-21-20(26(27,28)29)3-2-10-30-21/h2-4,7,10,12,15-16,18,23H,5-6,8-9,11,13-14H2,1H3,(H,31,32)/t15-,16?,23-,25?/m0/s1. The number of pyridine rings is 1. The number of aliphatic carboxylic acids is 1. The van der Waals surface area contributed by atoms with Gasteiger partial charge >= 0.3 is 12.1 Å². The van der Waals surface area contributed by atoms with Crippen LogP contribution in [0.2, 0.25) is 0 Å². The summed E-state index contributed by atoms with van der Waals surface area (Å²) in [4.78, 5) is 15.7. The topological polar surface area (TPSA) is 59.4 Å². The number of carboxylic acid groups (broad SMARTS) is 1. The lowest BCUT2D eigenvalue weighted by atomic mass is 9.65. The van der Waals surface area contributed by atoms with Crippen molar-refractivity contribution in [1.29, 1.82) is 0 Å². The Morgan fingerprint density at radius 1 is 1.27 bits per heavy atom. The molecular weight excluding hydrogens is 431 g/mol. The lowest BCUT2D eigenvalue weighted by molar-refractivity contribution is -0.142. The Kier molecular flexibility index (Phi) is 5.41. The zero-order valence-electron chi connectivity index (χ0n) is 18.6. The molecule has 2 aromatic rings. The number of aryl methyl sites for hydroxylation is 1. The number of carboxylic acids is 1. The van der Waals surface area contributed by atoms with E-state index in [0.29, 0.717) is 25.2 Å². The summed E-state index contributed by atoms with van der Waals surface area (Å²) in [5.74, 6) is 0.0690. The monoisotopic (exact) mass is 459 g/mol. The van der Waals surface area contributed by atoms with Crippen LogP contribution in [0, 0.1) is 17.8 Å². The summed E-state index contributed by atoms with van der Waals surface area (Å²) in [6, 6.07) is 8.55. The number of hydrogen-bond acceptors (Lipinski definition) is 3. The highest BCUT2D eigenvalue weighted by Crippen LogP contribution is 2.52. The molecule has 4 nitrogen and oxygen atoms in total. The first-order valence-corrected chi connectivity index (χ1v) is 11.7. The first kappa shape index (κ1) is 22.2. The van der Waals surface area contributed by atoms with Crippen LogP contribution in [0.25, 0.3) is 0 Å². The molecule has 2 atom stereocenters. The first-order chi connectivity index (χ1) is 15.7. The van der Waals surface area contributed by atoms with E-state index < -0.39 is 23.6 Å². The van der Waals surface area contributed by atoms with E-state index >= 15 is 0 Å². The van der Waals surface area contributed by atoms with Gasteiger partial charge in [0.25, 0.3) is 0 Å². The van der Waals surface area contributed by atoms with Crippen molar-refractivity contribution in [2.75, 3.05) is 0 Å². The third-order valence-corrected chi connectivity index (χ3v) is 7.71. The molecule has 7 heteroatoms. The molecule has 176 valence electrons. The van der Waals surface area contributed by atoms with Crippen molar-refractivity contribution in [3.63, 3.8) is 0 Å². The highest BCUT2D eigenvalue weighted by atomic mass is 19.4. The van der Waals surface area contributed by atoms with Crippen LogP contribution in [-0.4, -0.2) is 21.7 Å². The molecule has 2 saturated carbocycles. The molecule has 2 fully saturated rings. The molecule has 33 heavy (non-hydrogen) atoms. The zero-order chi connectivity index (χ0) is 23.4. The van der Waals surface area contributed by atoms with Gasteiger partial charge in [-0.2, -0.15) is 13.2 Å². The second-order valence-corrected chi connectivity index (χ2v) is 10.1. The quantitative estimate of drug-likeness (QED) is 0.573. The minimum absolute atomic E-state index is 0.0200. The highest BCUT2D eigenvalue weighted by Gasteiger charge is 2.49. The highest BCUT2D eigenvalue weighted by molar-refractivity contribution is 5.71. The van der Waals surface area contributed by atoms with Crippen molar-refractivity contribution in [3.8, 4) is 5.75 Å². The molecule has 1 N–H and O–H groups in total. The number of benzene rings is 1. The van der Waals surface area contributed by atoms with E-state index in [2.05, 4.69) is 11.1 Å². The molecule has 0 bridgehead atoms. The largest absolute Gasteiger partial charge is 0.487 e. The summed E-state index contributed by atoms with van der Waals surface area (Å²) >= 11 is 0. The molecule has 5 rings (SSSR count). The van der Waals surface area contributed by atoms with E-state index in [4.69, 9.17) is 4.74 Å². The smallest absolute Gasteiger partial charge is 0.418 e. The third kappa shape index (κ3) is 4.34. The van der Waals surface area contributed by atoms with Gasteiger partial charge in [-0.05, 0) is 92.0 Å². The Bertz CT molecular complexity index is 1060. The van der Waals surface area contributed by atoms with Crippen LogP contribution in [0.1, 0.15) is 67.3 Å². The number of carbonyl (C=O) groups is 1. The van der Waals surface area contributed by atoms with Crippen molar-refractivity contribution >= 4 is 5.97 Å². The maximum Gasteiger partial charge on any atom is 0.418 e. The summed E-state index contributed by atoms with van der Waals surface area (Å²) in [6.07, 6.45) is 2.57. The minimum Gasteiger partial charge on any atom is -0.487 e. The van der Waals surface area contributed by atoms with Crippen molar-refractivity contribution < 1.29 is 27.8 Å². The summed E-state index contributed by atoms with van der Waals surface area (Å²) in [6.45, 7) is 1.77. The molecule has 0 saturated heterocycles. The van der Waals surface area contributed by atoms with E-state index in [1.54, 1.807) is 6.92 Å². The van der Waals surface area contributed by atoms with Crippen molar-refractivity contribution in [2.24, 2.45) is 17.8 Å². The van der Waals surface area contributed by atoms with Gasteiger partial charge in [0, 0.05) is 6.20 Å². The molecule has 2 heterocycles. The fourth-order valence-electron chi connectivity index (χ4n) is 5.86. The van der Waals surface area contributed by atoms with Crippen LogP contribution in [0.4, 0.5) is 13.2 Å². The Morgan fingerprint density at radius 3 is 2.70 bits per heavy atom. The summed E-state index contributed by atoms with van der Waals surface area (Å²) in [5, 5.41) is 9.57. The summed E-state index contributed by atoms with van der Waals surface area (Å²) in [7, 11) is 0. The van der Waals surface area contributed by atoms with Gasteiger partial charge in [-0.1, -0.05) is 19.1 Å². The molecule has 1 aromatic carbocycles. The normalized spacial score (nSPS) is 26.1. The number of hydrogen-bond donors (Lipinski definition) is 1. The van der Waals surface area contributed by atoms with Gasteiger partial charge in [0.05, 0.1) is 17.2 Å². The lowest BCUT2D eigenvalue weighted by Gasteiger charge is -2.50. The van der Waals surface area contributed by atoms with Gasteiger partial charge in [0.15, 0.2) is 0 Å². The van der Waals surface area contributed by atoms with E-state index in [0.717, 1.165) is 48.6 Å². The number of halogens is 3. The lowest BCUT2D eigenvalue weighted by Crippen LogP contribution is -2.51. The van der Waals surface area contributed by atoms with E-state index in [1.165, 1.54) is 12.3 Å². The number of fused-ring (bicyclic) bond motifs is 1. The van der Waals surface area contributed by atoms with Crippen molar-refractivity contribution in [1.82, 2.24) is 4.98 Å². The molecule has 0 radical (unpaired) electrons. The molecule has 1 aromatic heterocycles. The van der Waals surface area contributed by atoms with Crippen LogP contribution in [0.15, 0.2) is 36.5 Å². The second kappa shape index (κ2) is 8.03. The van der Waals surface area contributed by atoms with Crippen molar-refractivity contribution in [3.05, 3.63) is 58.9 Å². The molecule has 1 spiro atoms.